The van der Waals surface area contributed by atoms with Gasteiger partial charge in [-0.1, -0.05) is 11.2 Å². The highest BCUT2D eigenvalue weighted by Crippen LogP contribution is 2.35. The second kappa shape index (κ2) is 8.82. The summed E-state index contributed by atoms with van der Waals surface area (Å²) in [7, 11) is 1.78. The molecule has 0 radical (unpaired) electrons. The maximum Gasteiger partial charge on any atom is 0.263 e. The molecular weight excluding hydrogens is 440 g/mol. The SMILES string of the molecule is CN(Cc1ccon1)C(=O)C1CCN(c2cccc3c2C(=O)N(Cc2ccsc2)C3=O)CC1. The van der Waals surface area contributed by atoms with Gasteiger partial charge in [-0.05, 0) is 47.4 Å². The van der Waals surface area contributed by atoms with Crippen molar-refractivity contribution in [2.45, 2.75) is 25.9 Å². The van der Waals surface area contributed by atoms with Crippen LogP contribution in [0.1, 0.15) is 44.8 Å². The van der Waals surface area contributed by atoms with Gasteiger partial charge in [0.25, 0.3) is 11.8 Å². The summed E-state index contributed by atoms with van der Waals surface area (Å²) in [6, 6.07) is 9.13. The van der Waals surface area contributed by atoms with Crippen molar-refractivity contribution in [1.82, 2.24) is 15.0 Å². The summed E-state index contributed by atoms with van der Waals surface area (Å²) in [4.78, 5) is 44.2. The fraction of sp³-hybridized carbons (Fsp3) is 0.333. The summed E-state index contributed by atoms with van der Waals surface area (Å²) in [5.41, 5.74) is 3.38. The predicted octanol–water partition coefficient (Wildman–Crippen LogP) is 3.41. The van der Waals surface area contributed by atoms with Crippen molar-refractivity contribution in [2.24, 2.45) is 5.92 Å². The molecule has 9 heteroatoms. The Kier molecular flexibility index (Phi) is 5.72. The molecule has 0 unspecified atom stereocenters. The lowest BCUT2D eigenvalue weighted by Gasteiger charge is -2.35. The molecule has 1 aromatic carbocycles. The molecule has 8 nitrogen and oxygen atoms in total. The fourth-order valence-electron chi connectivity index (χ4n) is 4.61. The van der Waals surface area contributed by atoms with Gasteiger partial charge in [0.1, 0.15) is 12.0 Å². The lowest BCUT2D eigenvalue weighted by molar-refractivity contribution is -0.135. The number of carbonyl (C=O) groups is 3. The van der Waals surface area contributed by atoms with E-state index in [2.05, 4.69) is 10.1 Å². The Labute approximate surface area is 195 Å². The first-order chi connectivity index (χ1) is 16.0. The quantitative estimate of drug-likeness (QED) is 0.520. The average molecular weight is 465 g/mol. The van der Waals surface area contributed by atoms with Crippen LogP contribution in [-0.2, 0) is 17.9 Å². The van der Waals surface area contributed by atoms with E-state index in [0.29, 0.717) is 43.6 Å². The first kappa shape index (κ1) is 21.4. The molecule has 2 aliphatic heterocycles. The van der Waals surface area contributed by atoms with Gasteiger partial charge in [-0.25, -0.2) is 0 Å². The standard InChI is InChI=1S/C24H24N4O4S/c1-26(14-18-7-11-32-25-18)22(29)17-5-9-27(10-6-17)20-4-2-3-19-21(20)24(31)28(23(19)30)13-16-8-12-33-15-16/h2-4,7-8,11-12,15,17H,5-6,9-10,13-14H2,1H3. The van der Waals surface area contributed by atoms with Crippen LogP contribution in [0, 0.1) is 5.92 Å². The van der Waals surface area contributed by atoms with E-state index >= 15 is 0 Å². The molecule has 3 aromatic rings. The molecule has 1 saturated heterocycles. The number of amides is 3. The molecule has 33 heavy (non-hydrogen) atoms. The van der Waals surface area contributed by atoms with Crippen LogP contribution in [0.5, 0.6) is 0 Å². The number of hydrogen-bond donors (Lipinski definition) is 0. The summed E-state index contributed by atoms with van der Waals surface area (Å²) in [6.45, 7) is 2.00. The molecule has 170 valence electrons. The van der Waals surface area contributed by atoms with E-state index in [0.717, 1.165) is 16.9 Å². The zero-order chi connectivity index (χ0) is 22.9. The lowest BCUT2D eigenvalue weighted by atomic mass is 9.94. The number of rotatable bonds is 6. The minimum atomic E-state index is -0.248. The molecule has 0 N–H and O–H groups in total. The molecule has 2 aliphatic rings. The number of nitrogens with zero attached hydrogens (tertiary/aromatic N) is 4. The summed E-state index contributed by atoms with van der Waals surface area (Å²) < 4.78 is 4.84. The van der Waals surface area contributed by atoms with Crippen molar-refractivity contribution in [3.8, 4) is 0 Å². The second-order valence-electron chi connectivity index (χ2n) is 8.47. The molecule has 0 spiro atoms. The molecular formula is C24H24N4O4S. The third kappa shape index (κ3) is 4.04. The lowest BCUT2D eigenvalue weighted by Crippen LogP contribution is -2.41. The fourth-order valence-corrected chi connectivity index (χ4v) is 5.27. The summed E-state index contributed by atoms with van der Waals surface area (Å²) in [5.74, 6) is -0.489. The molecule has 1 fully saturated rings. The molecule has 0 atom stereocenters. The van der Waals surface area contributed by atoms with Gasteiger partial charge in [0, 0.05) is 32.1 Å². The first-order valence-electron chi connectivity index (χ1n) is 10.9. The van der Waals surface area contributed by atoms with E-state index in [1.54, 1.807) is 35.4 Å². The Morgan fingerprint density at radius 1 is 1.18 bits per heavy atom. The zero-order valence-electron chi connectivity index (χ0n) is 18.3. The van der Waals surface area contributed by atoms with Gasteiger partial charge in [-0.15, -0.1) is 0 Å². The number of fused-ring (bicyclic) bond motifs is 1. The van der Waals surface area contributed by atoms with Crippen LogP contribution >= 0.6 is 11.3 Å². The van der Waals surface area contributed by atoms with Crippen LogP contribution in [-0.4, -0.2) is 52.8 Å². The Bertz CT molecular complexity index is 1170. The van der Waals surface area contributed by atoms with Crippen molar-refractivity contribution in [1.29, 1.82) is 0 Å². The van der Waals surface area contributed by atoms with Crippen LogP contribution in [0.15, 0.2) is 51.9 Å². The normalized spacial score (nSPS) is 16.4. The van der Waals surface area contributed by atoms with Crippen molar-refractivity contribution < 1.29 is 18.9 Å². The Hall–Kier alpha value is -3.46. The predicted molar refractivity (Wildman–Crippen MR) is 123 cm³/mol. The molecule has 4 heterocycles. The second-order valence-corrected chi connectivity index (χ2v) is 9.25. The van der Waals surface area contributed by atoms with E-state index in [4.69, 9.17) is 4.52 Å². The highest BCUT2D eigenvalue weighted by Gasteiger charge is 2.39. The highest BCUT2D eigenvalue weighted by molar-refractivity contribution is 7.07. The van der Waals surface area contributed by atoms with Crippen molar-refractivity contribution >= 4 is 34.7 Å². The van der Waals surface area contributed by atoms with Crippen LogP contribution in [0.2, 0.25) is 0 Å². The van der Waals surface area contributed by atoms with Crippen molar-refractivity contribution in [3.63, 3.8) is 0 Å². The van der Waals surface area contributed by atoms with E-state index < -0.39 is 0 Å². The van der Waals surface area contributed by atoms with Gasteiger partial charge in [0.15, 0.2) is 0 Å². The average Bonchev–Trinajstić information content (AvgIpc) is 3.59. The van der Waals surface area contributed by atoms with Crippen LogP contribution in [0.4, 0.5) is 5.69 Å². The Morgan fingerprint density at radius 3 is 2.70 bits per heavy atom. The summed E-state index contributed by atoms with van der Waals surface area (Å²) >= 11 is 1.54. The van der Waals surface area contributed by atoms with Gasteiger partial charge in [-0.2, -0.15) is 11.3 Å². The molecule has 5 rings (SSSR count). The van der Waals surface area contributed by atoms with Gasteiger partial charge in [0.05, 0.1) is 29.9 Å². The number of aromatic nitrogens is 1. The number of hydrogen-bond acceptors (Lipinski definition) is 7. The van der Waals surface area contributed by atoms with Crippen LogP contribution < -0.4 is 4.90 Å². The maximum atomic E-state index is 13.2. The van der Waals surface area contributed by atoms with E-state index in [-0.39, 0.29) is 30.2 Å². The largest absolute Gasteiger partial charge is 0.371 e. The minimum absolute atomic E-state index is 0.0812. The number of carbonyl (C=O) groups excluding carboxylic acids is 3. The topological polar surface area (TPSA) is 87.0 Å². The minimum Gasteiger partial charge on any atom is -0.371 e. The molecule has 0 saturated carbocycles. The van der Waals surface area contributed by atoms with Gasteiger partial charge >= 0.3 is 0 Å². The highest BCUT2D eigenvalue weighted by atomic mass is 32.1. The number of thiophene rings is 1. The van der Waals surface area contributed by atoms with Crippen LogP contribution in [0.3, 0.4) is 0 Å². The maximum absolute atomic E-state index is 13.2. The zero-order valence-corrected chi connectivity index (χ0v) is 19.1. The van der Waals surface area contributed by atoms with Crippen molar-refractivity contribution in [3.05, 3.63) is 69.7 Å². The van der Waals surface area contributed by atoms with Gasteiger partial charge in [0.2, 0.25) is 5.91 Å². The Morgan fingerprint density at radius 2 is 2.00 bits per heavy atom. The smallest absolute Gasteiger partial charge is 0.263 e. The molecule has 3 amide bonds. The first-order valence-corrected chi connectivity index (χ1v) is 11.9. The number of imide groups is 1. The third-order valence-electron chi connectivity index (χ3n) is 6.35. The van der Waals surface area contributed by atoms with Gasteiger partial charge in [-0.3, -0.25) is 19.3 Å². The third-order valence-corrected chi connectivity index (χ3v) is 7.08. The van der Waals surface area contributed by atoms with E-state index in [1.165, 1.54) is 11.2 Å². The number of anilines is 1. The van der Waals surface area contributed by atoms with E-state index in [1.807, 2.05) is 29.0 Å². The van der Waals surface area contributed by atoms with Crippen molar-refractivity contribution in [2.75, 3.05) is 25.0 Å². The number of benzene rings is 1. The summed E-state index contributed by atoms with van der Waals surface area (Å²) in [6.07, 6.45) is 2.87. The van der Waals surface area contributed by atoms with Crippen LogP contribution in [0.25, 0.3) is 0 Å². The van der Waals surface area contributed by atoms with Gasteiger partial charge < -0.3 is 14.3 Å². The monoisotopic (exact) mass is 464 g/mol. The Balaban J connectivity index is 1.27. The molecule has 2 aromatic heterocycles. The van der Waals surface area contributed by atoms with E-state index in [9.17, 15) is 14.4 Å². The summed E-state index contributed by atoms with van der Waals surface area (Å²) in [5, 5.41) is 7.76. The molecule has 0 bridgehead atoms. The molecule has 0 aliphatic carbocycles. The number of piperidine rings is 1.